The lowest BCUT2D eigenvalue weighted by molar-refractivity contribution is 0.102. The highest BCUT2D eigenvalue weighted by Gasteiger charge is 2.12. The van der Waals surface area contributed by atoms with E-state index in [2.05, 4.69) is 42.3 Å². The Bertz CT molecular complexity index is 915. The van der Waals surface area contributed by atoms with Crippen molar-refractivity contribution in [1.82, 2.24) is 4.98 Å². The van der Waals surface area contributed by atoms with Crippen molar-refractivity contribution >= 4 is 28.1 Å². The first-order valence-electron chi connectivity index (χ1n) is 8.06. The van der Waals surface area contributed by atoms with Crippen LogP contribution in [-0.2, 0) is 0 Å². The quantitative estimate of drug-likeness (QED) is 0.738. The topological polar surface area (TPSA) is 45.2 Å². The summed E-state index contributed by atoms with van der Waals surface area (Å²) in [5.74, 6) is -0.148. The van der Waals surface area contributed by atoms with E-state index < -0.39 is 0 Å². The Morgan fingerprint density at radius 3 is 2.64 bits per heavy atom. The molecule has 128 valence electrons. The molecule has 0 atom stereocenters. The number of carbonyl (C=O) groups excluding carboxylic acids is 1. The summed E-state index contributed by atoms with van der Waals surface area (Å²) < 4.78 is 0. The predicted octanol–water partition coefficient (Wildman–Crippen LogP) is 4.75. The molecule has 4 nitrogen and oxygen atoms in total. The summed E-state index contributed by atoms with van der Waals surface area (Å²) in [4.78, 5) is 19.0. The lowest BCUT2D eigenvalue weighted by Gasteiger charge is -2.13. The Hall–Kier alpha value is -2.66. The second kappa shape index (κ2) is 7.07. The van der Waals surface area contributed by atoms with Crippen LogP contribution in [-0.4, -0.2) is 25.0 Å². The predicted molar refractivity (Wildman–Crippen MR) is 106 cm³/mol. The van der Waals surface area contributed by atoms with Gasteiger partial charge in [-0.3, -0.25) is 10.1 Å². The average Bonchev–Trinajstić information content (AvgIpc) is 3.03. The van der Waals surface area contributed by atoms with Crippen LogP contribution in [0.25, 0.3) is 11.3 Å². The van der Waals surface area contributed by atoms with Gasteiger partial charge in [-0.2, -0.15) is 0 Å². The number of hydrogen-bond acceptors (Lipinski definition) is 4. The molecular weight excluding hydrogens is 330 g/mol. The van der Waals surface area contributed by atoms with Crippen LogP contribution in [0.1, 0.15) is 21.5 Å². The maximum absolute atomic E-state index is 12.5. The molecule has 1 heterocycles. The minimum Gasteiger partial charge on any atom is -0.378 e. The molecule has 5 heteroatoms. The minimum absolute atomic E-state index is 0.148. The Balaban J connectivity index is 1.79. The van der Waals surface area contributed by atoms with Crippen LogP contribution in [0.5, 0.6) is 0 Å². The van der Waals surface area contributed by atoms with Gasteiger partial charge < -0.3 is 4.90 Å². The van der Waals surface area contributed by atoms with Gasteiger partial charge in [0, 0.05) is 36.3 Å². The van der Waals surface area contributed by atoms with Gasteiger partial charge in [0.25, 0.3) is 5.91 Å². The smallest absolute Gasteiger partial charge is 0.257 e. The minimum atomic E-state index is -0.148. The molecule has 1 amide bonds. The van der Waals surface area contributed by atoms with E-state index in [9.17, 15) is 4.79 Å². The van der Waals surface area contributed by atoms with E-state index in [-0.39, 0.29) is 5.91 Å². The molecule has 0 aliphatic heterocycles. The molecular formula is C20H21N3OS. The van der Waals surface area contributed by atoms with E-state index in [1.807, 2.05) is 42.6 Å². The normalized spacial score (nSPS) is 10.6. The second-order valence-electron chi connectivity index (χ2n) is 6.26. The maximum Gasteiger partial charge on any atom is 0.257 e. The molecule has 0 spiro atoms. The van der Waals surface area contributed by atoms with Gasteiger partial charge in [0.2, 0.25) is 0 Å². The van der Waals surface area contributed by atoms with Crippen LogP contribution < -0.4 is 10.2 Å². The summed E-state index contributed by atoms with van der Waals surface area (Å²) >= 11 is 1.44. The zero-order valence-corrected chi connectivity index (χ0v) is 15.6. The molecule has 1 N–H and O–H groups in total. The molecule has 3 rings (SSSR count). The SMILES string of the molecule is Cc1ccc(-c2csc(NC(=O)c3cccc(N(C)C)c3)n2)c(C)c1. The number of aryl methyl sites for hydroxylation is 2. The first-order chi connectivity index (χ1) is 11.9. The number of aromatic nitrogens is 1. The van der Waals surface area contributed by atoms with E-state index in [0.29, 0.717) is 10.7 Å². The Labute approximate surface area is 152 Å². The summed E-state index contributed by atoms with van der Waals surface area (Å²) in [6, 6.07) is 13.8. The van der Waals surface area contributed by atoms with Gasteiger partial charge >= 0.3 is 0 Å². The van der Waals surface area contributed by atoms with E-state index >= 15 is 0 Å². The largest absolute Gasteiger partial charge is 0.378 e. The standard InChI is InChI=1S/C20H21N3OS/c1-13-8-9-17(14(2)10-13)18-12-25-20(21-18)22-19(24)15-6-5-7-16(11-15)23(3)4/h5-12H,1-4H3,(H,21,22,24). The molecule has 0 saturated heterocycles. The Morgan fingerprint density at radius 2 is 1.92 bits per heavy atom. The van der Waals surface area contributed by atoms with Gasteiger partial charge in [-0.1, -0.05) is 29.8 Å². The molecule has 0 saturated carbocycles. The lowest BCUT2D eigenvalue weighted by atomic mass is 10.0. The molecule has 0 aliphatic rings. The van der Waals surface area contributed by atoms with Gasteiger partial charge in [-0.25, -0.2) is 4.98 Å². The number of thiazole rings is 1. The van der Waals surface area contributed by atoms with Crippen LogP contribution in [0.15, 0.2) is 47.8 Å². The van der Waals surface area contributed by atoms with E-state index in [1.54, 1.807) is 6.07 Å². The zero-order chi connectivity index (χ0) is 18.0. The molecule has 1 aromatic heterocycles. The number of nitrogens with one attached hydrogen (secondary N) is 1. The number of carbonyl (C=O) groups is 1. The van der Waals surface area contributed by atoms with Gasteiger partial charge in [-0.15, -0.1) is 11.3 Å². The van der Waals surface area contributed by atoms with Crippen molar-refractivity contribution in [1.29, 1.82) is 0 Å². The molecule has 2 aromatic carbocycles. The van der Waals surface area contributed by atoms with Gasteiger partial charge in [0.05, 0.1) is 5.69 Å². The summed E-state index contributed by atoms with van der Waals surface area (Å²) in [7, 11) is 3.90. The number of rotatable bonds is 4. The Kier molecular flexibility index (Phi) is 4.86. The fourth-order valence-electron chi connectivity index (χ4n) is 2.65. The highest BCUT2D eigenvalue weighted by Crippen LogP contribution is 2.28. The molecule has 0 radical (unpaired) electrons. The van der Waals surface area contributed by atoms with Crippen LogP contribution in [0.4, 0.5) is 10.8 Å². The third-order valence-electron chi connectivity index (χ3n) is 4.01. The third-order valence-corrected chi connectivity index (χ3v) is 4.76. The van der Waals surface area contributed by atoms with E-state index in [0.717, 1.165) is 16.9 Å². The van der Waals surface area contributed by atoms with Crippen molar-refractivity contribution in [3.63, 3.8) is 0 Å². The van der Waals surface area contributed by atoms with Crippen molar-refractivity contribution in [2.24, 2.45) is 0 Å². The molecule has 0 fully saturated rings. The van der Waals surface area contributed by atoms with Gasteiger partial charge in [0.15, 0.2) is 5.13 Å². The van der Waals surface area contributed by atoms with Gasteiger partial charge in [0.1, 0.15) is 0 Å². The van der Waals surface area contributed by atoms with Crippen molar-refractivity contribution in [2.75, 3.05) is 24.3 Å². The summed E-state index contributed by atoms with van der Waals surface area (Å²) in [5.41, 5.74) is 6.00. The van der Waals surface area contributed by atoms with Crippen LogP contribution in [0, 0.1) is 13.8 Å². The second-order valence-corrected chi connectivity index (χ2v) is 7.11. The molecule has 0 unspecified atom stereocenters. The van der Waals surface area contributed by atoms with Crippen molar-refractivity contribution in [2.45, 2.75) is 13.8 Å². The van der Waals surface area contributed by atoms with Crippen molar-refractivity contribution in [3.05, 3.63) is 64.5 Å². The molecule has 3 aromatic rings. The maximum atomic E-state index is 12.5. The summed E-state index contributed by atoms with van der Waals surface area (Å²) in [5, 5.41) is 5.48. The van der Waals surface area contributed by atoms with Crippen LogP contribution >= 0.6 is 11.3 Å². The van der Waals surface area contributed by atoms with Crippen molar-refractivity contribution < 1.29 is 4.79 Å². The third kappa shape index (κ3) is 3.88. The highest BCUT2D eigenvalue weighted by molar-refractivity contribution is 7.14. The highest BCUT2D eigenvalue weighted by atomic mass is 32.1. The monoisotopic (exact) mass is 351 g/mol. The zero-order valence-electron chi connectivity index (χ0n) is 14.8. The van der Waals surface area contributed by atoms with Crippen LogP contribution in [0.2, 0.25) is 0 Å². The first kappa shape index (κ1) is 17.2. The average molecular weight is 351 g/mol. The molecule has 0 bridgehead atoms. The van der Waals surface area contributed by atoms with Gasteiger partial charge in [-0.05, 0) is 37.6 Å². The fourth-order valence-corrected chi connectivity index (χ4v) is 3.36. The van der Waals surface area contributed by atoms with E-state index in [4.69, 9.17) is 0 Å². The number of hydrogen-bond donors (Lipinski definition) is 1. The van der Waals surface area contributed by atoms with Crippen LogP contribution in [0.3, 0.4) is 0 Å². The molecule has 25 heavy (non-hydrogen) atoms. The Morgan fingerprint density at radius 1 is 1.12 bits per heavy atom. The molecule has 0 aliphatic carbocycles. The number of anilines is 2. The van der Waals surface area contributed by atoms with Crippen molar-refractivity contribution in [3.8, 4) is 11.3 Å². The first-order valence-corrected chi connectivity index (χ1v) is 8.94. The number of nitrogens with zero attached hydrogens (tertiary/aromatic N) is 2. The number of benzene rings is 2. The summed E-state index contributed by atoms with van der Waals surface area (Å²) in [6.45, 7) is 4.15. The summed E-state index contributed by atoms with van der Waals surface area (Å²) in [6.07, 6.45) is 0. The lowest BCUT2D eigenvalue weighted by Crippen LogP contribution is -2.14. The number of amides is 1. The van der Waals surface area contributed by atoms with E-state index in [1.165, 1.54) is 22.5 Å². The fraction of sp³-hybridized carbons (Fsp3) is 0.200.